The number of amides is 1. The molecule has 1 amide bonds. The van der Waals surface area contributed by atoms with Gasteiger partial charge in [-0.05, 0) is 36.8 Å². The van der Waals surface area contributed by atoms with Crippen molar-refractivity contribution in [2.24, 2.45) is 0 Å². The first kappa shape index (κ1) is 15.3. The number of carbonyl (C=O) groups excluding carboxylic acids is 1. The topological polar surface area (TPSA) is 38.8 Å². The SMILES string of the molecule is COc1ccc(N2C(=O)OC(F)(Cc3ccccc3)C2C)cc1. The molecule has 5 heteroatoms. The number of alkyl halides is 1. The first-order valence-corrected chi connectivity index (χ1v) is 7.42. The second-order valence-electron chi connectivity index (χ2n) is 5.56. The first-order valence-electron chi connectivity index (χ1n) is 7.42. The first-order chi connectivity index (χ1) is 11.0. The van der Waals surface area contributed by atoms with Crippen LogP contribution in [0.3, 0.4) is 0 Å². The van der Waals surface area contributed by atoms with Crippen molar-refractivity contribution in [2.75, 3.05) is 12.0 Å². The van der Waals surface area contributed by atoms with Crippen molar-refractivity contribution in [1.29, 1.82) is 0 Å². The maximum absolute atomic E-state index is 15.2. The lowest BCUT2D eigenvalue weighted by atomic mass is 10.0. The lowest BCUT2D eigenvalue weighted by Gasteiger charge is -2.25. The number of benzene rings is 2. The molecule has 0 bridgehead atoms. The molecule has 0 radical (unpaired) electrons. The van der Waals surface area contributed by atoms with Crippen molar-refractivity contribution in [3.63, 3.8) is 0 Å². The van der Waals surface area contributed by atoms with Gasteiger partial charge in [0.05, 0.1) is 7.11 Å². The summed E-state index contributed by atoms with van der Waals surface area (Å²) in [7, 11) is 1.56. The van der Waals surface area contributed by atoms with E-state index in [1.807, 2.05) is 30.3 Å². The molecule has 0 N–H and O–H groups in total. The van der Waals surface area contributed by atoms with E-state index in [0.717, 1.165) is 5.56 Å². The Labute approximate surface area is 134 Å². The predicted molar refractivity (Wildman–Crippen MR) is 85.4 cm³/mol. The van der Waals surface area contributed by atoms with Crippen LogP contribution in [0.1, 0.15) is 12.5 Å². The summed E-state index contributed by atoms with van der Waals surface area (Å²) in [5, 5.41) is 0. The van der Waals surface area contributed by atoms with Gasteiger partial charge in [-0.2, -0.15) is 4.39 Å². The molecule has 2 atom stereocenters. The second kappa shape index (κ2) is 5.91. The van der Waals surface area contributed by atoms with E-state index in [4.69, 9.17) is 9.47 Å². The van der Waals surface area contributed by atoms with E-state index >= 15 is 4.39 Å². The Balaban J connectivity index is 1.85. The van der Waals surface area contributed by atoms with E-state index in [0.29, 0.717) is 11.4 Å². The summed E-state index contributed by atoms with van der Waals surface area (Å²) < 4.78 is 25.4. The van der Waals surface area contributed by atoms with Gasteiger partial charge in [0.2, 0.25) is 0 Å². The average molecular weight is 315 g/mol. The molecule has 3 rings (SSSR count). The Morgan fingerprint density at radius 3 is 2.43 bits per heavy atom. The molecule has 0 saturated carbocycles. The van der Waals surface area contributed by atoms with Crippen LogP contribution >= 0.6 is 0 Å². The van der Waals surface area contributed by atoms with Gasteiger partial charge in [0, 0.05) is 12.1 Å². The van der Waals surface area contributed by atoms with Crippen LogP contribution in [0.25, 0.3) is 0 Å². The lowest BCUT2D eigenvalue weighted by molar-refractivity contribution is -0.0752. The van der Waals surface area contributed by atoms with Crippen LogP contribution in [0, 0.1) is 0 Å². The van der Waals surface area contributed by atoms with Crippen LogP contribution in [0.5, 0.6) is 5.75 Å². The molecule has 4 nitrogen and oxygen atoms in total. The van der Waals surface area contributed by atoms with Crippen molar-refractivity contribution < 1.29 is 18.7 Å². The molecule has 2 aromatic carbocycles. The zero-order valence-electron chi connectivity index (χ0n) is 13.0. The van der Waals surface area contributed by atoms with Crippen molar-refractivity contribution in [3.8, 4) is 5.75 Å². The average Bonchev–Trinajstić information content (AvgIpc) is 2.77. The highest BCUT2D eigenvalue weighted by molar-refractivity contribution is 5.91. The number of methoxy groups -OCH3 is 1. The summed E-state index contributed by atoms with van der Waals surface area (Å²) in [6, 6.07) is 15.3. The molecule has 0 aromatic heterocycles. The minimum Gasteiger partial charge on any atom is -0.497 e. The van der Waals surface area contributed by atoms with E-state index in [-0.39, 0.29) is 6.42 Å². The predicted octanol–water partition coefficient (Wildman–Crippen LogP) is 3.95. The minimum absolute atomic E-state index is 0.0212. The summed E-state index contributed by atoms with van der Waals surface area (Å²) in [5.74, 6) is -1.39. The monoisotopic (exact) mass is 315 g/mol. The Morgan fingerprint density at radius 1 is 1.17 bits per heavy atom. The van der Waals surface area contributed by atoms with Crippen molar-refractivity contribution in [1.82, 2.24) is 0 Å². The van der Waals surface area contributed by atoms with Gasteiger partial charge >= 0.3 is 6.09 Å². The summed E-state index contributed by atoms with van der Waals surface area (Å²) >= 11 is 0. The Hall–Kier alpha value is -2.56. The van der Waals surface area contributed by atoms with Gasteiger partial charge in [-0.3, -0.25) is 4.90 Å². The summed E-state index contributed by atoms with van der Waals surface area (Å²) in [6.45, 7) is 1.65. The number of anilines is 1. The Kier molecular flexibility index (Phi) is 3.94. The number of nitrogens with zero attached hydrogens (tertiary/aromatic N) is 1. The van der Waals surface area contributed by atoms with Gasteiger partial charge in [-0.15, -0.1) is 0 Å². The van der Waals surface area contributed by atoms with Crippen LogP contribution in [0.2, 0.25) is 0 Å². The van der Waals surface area contributed by atoms with E-state index in [1.165, 1.54) is 4.90 Å². The highest BCUT2D eigenvalue weighted by Gasteiger charge is 2.53. The fourth-order valence-corrected chi connectivity index (χ4v) is 2.76. The van der Waals surface area contributed by atoms with Crippen LogP contribution in [0.15, 0.2) is 54.6 Å². The summed E-state index contributed by atoms with van der Waals surface area (Å²) in [4.78, 5) is 13.5. The summed E-state index contributed by atoms with van der Waals surface area (Å²) in [6.07, 6.45) is -0.658. The van der Waals surface area contributed by atoms with E-state index in [2.05, 4.69) is 0 Å². The maximum Gasteiger partial charge on any atom is 0.417 e. The van der Waals surface area contributed by atoms with E-state index in [9.17, 15) is 4.79 Å². The normalized spacial score (nSPS) is 23.7. The van der Waals surface area contributed by atoms with Crippen LogP contribution in [-0.4, -0.2) is 25.1 Å². The van der Waals surface area contributed by atoms with Gasteiger partial charge in [0.25, 0.3) is 5.85 Å². The van der Waals surface area contributed by atoms with Crippen molar-refractivity contribution in [3.05, 3.63) is 60.2 Å². The highest BCUT2D eigenvalue weighted by Crippen LogP contribution is 2.37. The third-order valence-electron chi connectivity index (χ3n) is 4.10. The molecule has 0 spiro atoms. The molecule has 120 valence electrons. The van der Waals surface area contributed by atoms with Gasteiger partial charge in [-0.25, -0.2) is 4.79 Å². The van der Waals surface area contributed by atoms with Crippen LogP contribution < -0.4 is 9.64 Å². The molecule has 1 saturated heterocycles. The highest BCUT2D eigenvalue weighted by atomic mass is 19.2. The standard InChI is InChI=1S/C18H18FNO3/c1-13-18(19,12-14-6-4-3-5-7-14)23-17(21)20(13)15-8-10-16(22-2)11-9-15/h3-11,13H,12H2,1-2H3. The summed E-state index contributed by atoms with van der Waals surface area (Å²) in [5.41, 5.74) is 1.36. The fourth-order valence-electron chi connectivity index (χ4n) is 2.76. The number of cyclic esters (lactones) is 1. The van der Waals surface area contributed by atoms with E-state index < -0.39 is 18.0 Å². The van der Waals surface area contributed by atoms with Gasteiger partial charge < -0.3 is 9.47 Å². The third-order valence-corrected chi connectivity index (χ3v) is 4.10. The van der Waals surface area contributed by atoms with Crippen LogP contribution in [-0.2, 0) is 11.2 Å². The second-order valence-corrected chi connectivity index (χ2v) is 5.56. The third kappa shape index (κ3) is 2.86. The number of rotatable bonds is 4. The Morgan fingerprint density at radius 2 is 1.83 bits per heavy atom. The molecular weight excluding hydrogens is 297 g/mol. The number of hydrogen-bond donors (Lipinski definition) is 0. The number of ether oxygens (including phenoxy) is 2. The largest absolute Gasteiger partial charge is 0.497 e. The molecule has 1 aliphatic rings. The van der Waals surface area contributed by atoms with Crippen molar-refractivity contribution >= 4 is 11.8 Å². The number of hydrogen-bond acceptors (Lipinski definition) is 3. The molecular formula is C18H18FNO3. The lowest BCUT2D eigenvalue weighted by Crippen LogP contribution is -2.41. The Bertz CT molecular complexity index is 689. The number of halogens is 1. The zero-order valence-corrected chi connectivity index (χ0v) is 13.0. The van der Waals surface area contributed by atoms with Gasteiger partial charge in [0.15, 0.2) is 0 Å². The molecule has 1 aliphatic heterocycles. The number of carbonyl (C=O) groups is 1. The molecule has 2 unspecified atom stereocenters. The minimum atomic E-state index is -2.06. The molecule has 0 aliphatic carbocycles. The molecule has 2 aromatic rings. The van der Waals surface area contributed by atoms with Gasteiger partial charge in [-0.1, -0.05) is 30.3 Å². The molecule has 23 heavy (non-hydrogen) atoms. The van der Waals surface area contributed by atoms with Gasteiger partial charge in [0.1, 0.15) is 11.8 Å². The van der Waals surface area contributed by atoms with Crippen molar-refractivity contribution in [2.45, 2.75) is 25.2 Å². The van der Waals surface area contributed by atoms with E-state index in [1.54, 1.807) is 38.3 Å². The molecule has 1 fully saturated rings. The zero-order chi connectivity index (χ0) is 16.4. The molecule has 1 heterocycles. The van der Waals surface area contributed by atoms with Crippen LogP contribution in [0.4, 0.5) is 14.9 Å². The smallest absolute Gasteiger partial charge is 0.417 e. The quantitative estimate of drug-likeness (QED) is 0.857. The fraction of sp³-hybridized carbons (Fsp3) is 0.278. The maximum atomic E-state index is 15.2.